The fourth-order valence-electron chi connectivity index (χ4n) is 3.52. The Morgan fingerprint density at radius 2 is 1.52 bits per heavy atom. The molecule has 1 aliphatic carbocycles. The Morgan fingerprint density at radius 3 is 2.22 bits per heavy atom. The summed E-state index contributed by atoms with van der Waals surface area (Å²) in [6.07, 6.45) is 5.31. The van der Waals surface area contributed by atoms with Gasteiger partial charge in [-0.2, -0.15) is 0 Å². The van der Waals surface area contributed by atoms with E-state index in [-0.39, 0.29) is 0 Å². The third kappa shape index (κ3) is 3.59. The van der Waals surface area contributed by atoms with Gasteiger partial charge < -0.3 is 10.2 Å². The van der Waals surface area contributed by atoms with Crippen LogP contribution in [0.1, 0.15) is 31.2 Å². The second-order valence-electron chi connectivity index (χ2n) is 7.12. The first-order chi connectivity index (χ1) is 11.3. The van der Waals surface area contributed by atoms with Crippen molar-refractivity contribution >= 4 is 5.69 Å². The van der Waals surface area contributed by atoms with Crippen LogP contribution in [0.5, 0.6) is 0 Å². The molecule has 4 rings (SSSR count). The number of aryl methyl sites for hydroxylation is 1. The summed E-state index contributed by atoms with van der Waals surface area (Å²) in [6.45, 7) is 4.48. The summed E-state index contributed by atoms with van der Waals surface area (Å²) in [5.41, 5.74) is 5.31. The molecule has 2 aliphatic rings. The average Bonchev–Trinajstić information content (AvgIpc) is 3.40. The van der Waals surface area contributed by atoms with Crippen molar-refractivity contribution in [3.8, 4) is 11.1 Å². The van der Waals surface area contributed by atoms with Crippen molar-refractivity contribution in [3.05, 3.63) is 54.1 Å². The van der Waals surface area contributed by atoms with E-state index in [1.54, 1.807) is 0 Å². The van der Waals surface area contributed by atoms with Crippen LogP contribution < -0.4 is 10.2 Å². The zero-order valence-corrected chi connectivity index (χ0v) is 14.0. The van der Waals surface area contributed by atoms with Gasteiger partial charge in [0.25, 0.3) is 0 Å². The van der Waals surface area contributed by atoms with Crippen molar-refractivity contribution in [2.24, 2.45) is 0 Å². The Balaban J connectivity index is 1.45. The summed E-state index contributed by atoms with van der Waals surface area (Å²) in [5.74, 6) is 0. The van der Waals surface area contributed by atoms with Crippen LogP contribution >= 0.6 is 0 Å². The standard InChI is InChI=1S/C21H26N2/c1-16-5-7-17(8-6-16)18-3-2-4-21(15-18)23-13-11-20(12-14-23)22-19-9-10-19/h2-8,15,19-20,22H,9-14H2,1H3. The quantitative estimate of drug-likeness (QED) is 0.901. The number of hydrogen-bond donors (Lipinski definition) is 1. The predicted octanol–water partition coefficient (Wildman–Crippen LogP) is 4.38. The number of anilines is 1. The Labute approximate surface area is 139 Å². The maximum atomic E-state index is 3.78. The molecule has 1 aliphatic heterocycles. The highest BCUT2D eigenvalue weighted by Crippen LogP contribution is 2.28. The smallest absolute Gasteiger partial charge is 0.0372 e. The van der Waals surface area contributed by atoms with Crippen LogP contribution in [0.25, 0.3) is 11.1 Å². The van der Waals surface area contributed by atoms with E-state index in [2.05, 4.69) is 65.7 Å². The largest absolute Gasteiger partial charge is 0.371 e. The lowest BCUT2D eigenvalue weighted by Gasteiger charge is -2.34. The van der Waals surface area contributed by atoms with E-state index in [0.29, 0.717) is 0 Å². The molecule has 1 saturated heterocycles. The Morgan fingerprint density at radius 1 is 0.826 bits per heavy atom. The van der Waals surface area contributed by atoms with Crippen LogP contribution in [0.4, 0.5) is 5.69 Å². The van der Waals surface area contributed by atoms with Gasteiger partial charge >= 0.3 is 0 Å². The van der Waals surface area contributed by atoms with Gasteiger partial charge in [-0.05, 0) is 55.9 Å². The first kappa shape index (κ1) is 14.8. The summed E-state index contributed by atoms with van der Waals surface area (Å²) >= 11 is 0. The molecule has 2 nitrogen and oxygen atoms in total. The fraction of sp³-hybridized carbons (Fsp3) is 0.429. The highest BCUT2D eigenvalue weighted by molar-refractivity contribution is 5.68. The average molecular weight is 306 g/mol. The van der Waals surface area contributed by atoms with Crippen LogP contribution in [0.3, 0.4) is 0 Å². The number of hydrogen-bond acceptors (Lipinski definition) is 2. The molecule has 0 bridgehead atoms. The fourth-order valence-corrected chi connectivity index (χ4v) is 3.52. The normalized spacial score (nSPS) is 19.1. The molecule has 0 atom stereocenters. The van der Waals surface area contributed by atoms with Crippen molar-refractivity contribution in [1.82, 2.24) is 5.32 Å². The maximum absolute atomic E-state index is 3.78. The van der Waals surface area contributed by atoms with Crippen molar-refractivity contribution in [2.45, 2.75) is 44.7 Å². The molecule has 2 heteroatoms. The summed E-state index contributed by atoms with van der Waals surface area (Å²) in [4.78, 5) is 2.54. The van der Waals surface area contributed by atoms with Gasteiger partial charge in [-0.15, -0.1) is 0 Å². The second kappa shape index (κ2) is 6.37. The van der Waals surface area contributed by atoms with Crippen molar-refractivity contribution in [2.75, 3.05) is 18.0 Å². The first-order valence-electron chi connectivity index (χ1n) is 8.96. The van der Waals surface area contributed by atoms with Gasteiger partial charge in [0.05, 0.1) is 0 Å². The van der Waals surface area contributed by atoms with Crippen LogP contribution in [0, 0.1) is 6.92 Å². The molecule has 0 aromatic heterocycles. The zero-order valence-electron chi connectivity index (χ0n) is 14.0. The maximum Gasteiger partial charge on any atom is 0.0372 e. The molecule has 2 aromatic carbocycles. The molecule has 120 valence electrons. The Hall–Kier alpha value is -1.80. The molecule has 0 amide bonds. The van der Waals surface area contributed by atoms with E-state index >= 15 is 0 Å². The summed E-state index contributed by atoms with van der Waals surface area (Å²) < 4.78 is 0. The van der Waals surface area contributed by atoms with E-state index in [4.69, 9.17) is 0 Å². The highest BCUT2D eigenvalue weighted by Gasteiger charge is 2.27. The van der Waals surface area contributed by atoms with Crippen molar-refractivity contribution in [1.29, 1.82) is 0 Å². The number of rotatable bonds is 4. The topological polar surface area (TPSA) is 15.3 Å². The molecule has 2 aromatic rings. The molecule has 0 unspecified atom stereocenters. The van der Waals surface area contributed by atoms with Crippen LogP contribution in [-0.2, 0) is 0 Å². The second-order valence-corrected chi connectivity index (χ2v) is 7.12. The summed E-state index contributed by atoms with van der Waals surface area (Å²) in [5, 5.41) is 3.78. The number of benzene rings is 2. The van der Waals surface area contributed by atoms with Crippen molar-refractivity contribution < 1.29 is 0 Å². The molecule has 1 N–H and O–H groups in total. The molecular weight excluding hydrogens is 280 g/mol. The van der Waals surface area contributed by atoms with Gasteiger partial charge in [-0.25, -0.2) is 0 Å². The van der Waals surface area contributed by atoms with Gasteiger partial charge in [0.2, 0.25) is 0 Å². The molecule has 23 heavy (non-hydrogen) atoms. The number of nitrogens with zero attached hydrogens (tertiary/aromatic N) is 1. The lowest BCUT2D eigenvalue weighted by Crippen LogP contribution is -2.43. The first-order valence-corrected chi connectivity index (χ1v) is 8.96. The highest BCUT2D eigenvalue weighted by atomic mass is 15.2. The number of piperidine rings is 1. The Kier molecular flexibility index (Phi) is 4.09. The SMILES string of the molecule is Cc1ccc(-c2cccc(N3CCC(NC4CC4)CC3)c2)cc1. The minimum Gasteiger partial charge on any atom is -0.371 e. The third-order valence-corrected chi connectivity index (χ3v) is 5.14. The van der Waals surface area contributed by atoms with E-state index in [0.717, 1.165) is 12.1 Å². The van der Waals surface area contributed by atoms with E-state index < -0.39 is 0 Å². The van der Waals surface area contributed by atoms with Crippen LogP contribution in [0.2, 0.25) is 0 Å². The van der Waals surface area contributed by atoms with E-state index in [1.807, 2.05) is 0 Å². The Bertz CT molecular complexity index is 650. The molecule has 1 saturated carbocycles. The third-order valence-electron chi connectivity index (χ3n) is 5.14. The lowest BCUT2D eigenvalue weighted by molar-refractivity contribution is 0.413. The minimum atomic E-state index is 0.735. The van der Waals surface area contributed by atoms with Gasteiger partial charge in [0.1, 0.15) is 0 Å². The molecule has 1 heterocycles. The summed E-state index contributed by atoms with van der Waals surface area (Å²) in [6, 6.07) is 19.4. The van der Waals surface area contributed by atoms with Crippen LogP contribution in [0.15, 0.2) is 48.5 Å². The molecule has 0 spiro atoms. The number of nitrogens with one attached hydrogen (secondary N) is 1. The van der Waals surface area contributed by atoms with E-state index in [1.165, 1.54) is 61.2 Å². The molecular formula is C21H26N2. The minimum absolute atomic E-state index is 0.735. The van der Waals surface area contributed by atoms with Crippen molar-refractivity contribution in [3.63, 3.8) is 0 Å². The molecule has 0 radical (unpaired) electrons. The lowest BCUT2D eigenvalue weighted by atomic mass is 10.0. The predicted molar refractivity (Wildman–Crippen MR) is 98.0 cm³/mol. The summed E-state index contributed by atoms with van der Waals surface area (Å²) in [7, 11) is 0. The van der Waals surface area contributed by atoms with Gasteiger partial charge in [-0.1, -0.05) is 42.0 Å². The van der Waals surface area contributed by atoms with Gasteiger partial charge in [0.15, 0.2) is 0 Å². The van der Waals surface area contributed by atoms with Gasteiger partial charge in [0, 0.05) is 30.9 Å². The zero-order chi connectivity index (χ0) is 15.6. The van der Waals surface area contributed by atoms with Crippen LogP contribution in [-0.4, -0.2) is 25.2 Å². The van der Waals surface area contributed by atoms with E-state index in [9.17, 15) is 0 Å². The molecule has 2 fully saturated rings. The van der Waals surface area contributed by atoms with Gasteiger partial charge in [-0.3, -0.25) is 0 Å². The monoisotopic (exact) mass is 306 g/mol.